The lowest BCUT2D eigenvalue weighted by atomic mass is 9.98. The van der Waals surface area contributed by atoms with E-state index < -0.39 is 0 Å². The van der Waals surface area contributed by atoms with E-state index in [-0.39, 0.29) is 5.91 Å². The maximum atomic E-state index is 12.8. The number of carbonyl (C=O) groups is 1. The number of aromatic nitrogens is 1. The maximum absolute atomic E-state index is 12.8. The second kappa shape index (κ2) is 6.87. The number of amides is 1. The van der Waals surface area contributed by atoms with Gasteiger partial charge < -0.3 is 5.32 Å². The number of anilines is 1. The van der Waals surface area contributed by atoms with Crippen molar-refractivity contribution >= 4 is 34.3 Å². The standard InChI is InChI=1S/C19H20N2OS2/c1-11(2)15-7-5-6-12(3)16(15)21-18(22)17-13(4)20-19(24-17)14-8-9-23-10-14/h5-11H,1-4H3,(H,21,22). The average molecular weight is 357 g/mol. The molecule has 0 aliphatic heterocycles. The summed E-state index contributed by atoms with van der Waals surface area (Å²) >= 11 is 3.08. The molecule has 0 saturated heterocycles. The van der Waals surface area contributed by atoms with Crippen LogP contribution in [0, 0.1) is 13.8 Å². The van der Waals surface area contributed by atoms with Crippen molar-refractivity contribution in [2.24, 2.45) is 0 Å². The molecule has 0 aliphatic carbocycles. The summed E-state index contributed by atoms with van der Waals surface area (Å²) in [6, 6.07) is 8.16. The first-order valence-electron chi connectivity index (χ1n) is 7.88. The quantitative estimate of drug-likeness (QED) is 0.636. The number of benzene rings is 1. The van der Waals surface area contributed by atoms with Crippen LogP contribution in [0.15, 0.2) is 35.0 Å². The molecule has 0 atom stereocenters. The van der Waals surface area contributed by atoms with Crippen molar-refractivity contribution in [1.29, 1.82) is 0 Å². The highest BCUT2D eigenvalue weighted by atomic mass is 32.1. The molecule has 0 unspecified atom stereocenters. The summed E-state index contributed by atoms with van der Waals surface area (Å²) in [5, 5.41) is 8.08. The summed E-state index contributed by atoms with van der Waals surface area (Å²) in [5.41, 5.74) is 5.00. The third-order valence-corrected chi connectivity index (χ3v) is 5.83. The van der Waals surface area contributed by atoms with Crippen molar-refractivity contribution in [3.8, 4) is 10.6 Å². The predicted molar refractivity (Wildman–Crippen MR) is 103 cm³/mol. The zero-order valence-corrected chi connectivity index (χ0v) is 15.8. The van der Waals surface area contributed by atoms with Crippen molar-refractivity contribution in [3.05, 3.63) is 56.7 Å². The molecule has 5 heteroatoms. The van der Waals surface area contributed by atoms with Gasteiger partial charge >= 0.3 is 0 Å². The molecule has 0 bridgehead atoms. The zero-order chi connectivity index (χ0) is 17.3. The van der Waals surface area contributed by atoms with Crippen LogP contribution in [0.4, 0.5) is 5.69 Å². The van der Waals surface area contributed by atoms with E-state index in [1.165, 1.54) is 11.3 Å². The van der Waals surface area contributed by atoms with Crippen LogP contribution in [0.1, 0.15) is 46.3 Å². The first kappa shape index (κ1) is 16.9. The maximum Gasteiger partial charge on any atom is 0.267 e. The second-order valence-electron chi connectivity index (χ2n) is 6.09. The first-order valence-corrected chi connectivity index (χ1v) is 9.64. The van der Waals surface area contributed by atoms with Gasteiger partial charge in [0.25, 0.3) is 5.91 Å². The number of carbonyl (C=O) groups excluding carboxylic acids is 1. The minimum atomic E-state index is -0.0809. The molecule has 0 fully saturated rings. The molecule has 0 spiro atoms. The van der Waals surface area contributed by atoms with E-state index in [0.29, 0.717) is 10.8 Å². The number of nitrogens with one attached hydrogen (secondary N) is 1. The number of aryl methyl sites for hydroxylation is 2. The van der Waals surface area contributed by atoms with Crippen LogP contribution < -0.4 is 5.32 Å². The fourth-order valence-electron chi connectivity index (χ4n) is 2.63. The van der Waals surface area contributed by atoms with Crippen LogP contribution in [0.3, 0.4) is 0 Å². The van der Waals surface area contributed by atoms with Gasteiger partial charge in [0.2, 0.25) is 0 Å². The normalized spacial score (nSPS) is 11.0. The molecule has 1 N–H and O–H groups in total. The zero-order valence-electron chi connectivity index (χ0n) is 14.2. The molecule has 1 amide bonds. The predicted octanol–water partition coefficient (Wildman–Crippen LogP) is 5.86. The van der Waals surface area contributed by atoms with E-state index >= 15 is 0 Å². The number of hydrogen-bond donors (Lipinski definition) is 1. The molecule has 3 rings (SSSR count). The van der Waals surface area contributed by atoms with Gasteiger partial charge in [-0.15, -0.1) is 11.3 Å². The summed E-state index contributed by atoms with van der Waals surface area (Å²) in [4.78, 5) is 18.0. The molecule has 2 aromatic heterocycles. The molecule has 0 radical (unpaired) electrons. The van der Waals surface area contributed by atoms with Gasteiger partial charge in [0.1, 0.15) is 9.88 Å². The minimum absolute atomic E-state index is 0.0809. The highest BCUT2D eigenvalue weighted by Crippen LogP contribution is 2.32. The molecule has 1 aromatic carbocycles. The van der Waals surface area contributed by atoms with Crippen molar-refractivity contribution in [1.82, 2.24) is 4.98 Å². The van der Waals surface area contributed by atoms with E-state index in [4.69, 9.17) is 0 Å². The fraction of sp³-hybridized carbons (Fsp3) is 0.263. The molecule has 124 valence electrons. The molecule has 3 aromatic rings. The SMILES string of the molecule is Cc1cccc(C(C)C)c1NC(=O)c1sc(-c2ccsc2)nc1C. The lowest BCUT2D eigenvalue weighted by molar-refractivity contribution is 0.102. The van der Waals surface area contributed by atoms with Crippen molar-refractivity contribution in [2.75, 3.05) is 5.32 Å². The molecule has 2 heterocycles. The van der Waals surface area contributed by atoms with Gasteiger partial charge in [-0.1, -0.05) is 32.0 Å². The number of hydrogen-bond acceptors (Lipinski definition) is 4. The Hall–Kier alpha value is -1.98. The topological polar surface area (TPSA) is 42.0 Å². The largest absolute Gasteiger partial charge is 0.321 e. The molecule has 0 aliphatic rings. The van der Waals surface area contributed by atoms with Crippen LogP contribution in [0.5, 0.6) is 0 Å². The van der Waals surface area contributed by atoms with E-state index in [9.17, 15) is 4.79 Å². The Kier molecular flexibility index (Phi) is 4.83. The Morgan fingerprint density at radius 1 is 1.21 bits per heavy atom. The van der Waals surface area contributed by atoms with Crippen molar-refractivity contribution < 1.29 is 4.79 Å². The third kappa shape index (κ3) is 3.28. The summed E-state index contributed by atoms with van der Waals surface area (Å²) in [6.45, 7) is 8.19. The van der Waals surface area contributed by atoms with Crippen molar-refractivity contribution in [2.45, 2.75) is 33.6 Å². The second-order valence-corrected chi connectivity index (χ2v) is 7.87. The van der Waals surface area contributed by atoms with Gasteiger partial charge in [0, 0.05) is 16.6 Å². The fourth-order valence-corrected chi connectivity index (χ4v) is 4.30. The van der Waals surface area contributed by atoms with Gasteiger partial charge in [-0.05, 0) is 42.3 Å². The Labute approximate surface area is 150 Å². The summed E-state index contributed by atoms with van der Waals surface area (Å²) in [7, 11) is 0. The smallest absolute Gasteiger partial charge is 0.267 e. The number of nitrogens with zero attached hydrogens (tertiary/aromatic N) is 1. The molecular formula is C19H20N2OS2. The van der Waals surface area contributed by atoms with Crippen molar-refractivity contribution in [3.63, 3.8) is 0 Å². The molecule has 3 nitrogen and oxygen atoms in total. The van der Waals surface area contributed by atoms with Gasteiger partial charge in [-0.25, -0.2) is 4.98 Å². The van der Waals surface area contributed by atoms with E-state index in [1.54, 1.807) is 11.3 Å². The summed E-state index contributed by atoms with van der Waals surface area (Å²) < 4.78 is 0. The number of thiazole rings is 1. The Balaban J connectivity index is 1.92. The van der Waals surface area contributed by atoms with E-state index in [0.717, 1.165) is 33.1 Å². The van der Waals surface area contributed by atoms with Crippen LogP contribution in [0.25, 0.3) is 10.6 Å². The summed E-state index contributed by atoms with van der Waals surface area (Å²) in [5.74, 6) is 0.270. The lowest BCUT2D eigenvalue weighted by Gasteiger charge is -2.16. The number of para-hydroxylation sites is 1. The Bertz CT molecular complexity index is 864. The molecule has 0 saturated carbocycles. The van der Waals surface area contributed by atoms with Gasteiger partial charge in [-0.2, -0.15) is 11.3 Å². The number of rotatable bonds is 4. The van der Waals surface area contributed by atoms with Crippen LogP contribution >= 0.6 is 22.7 Å². The monoisotopic (exact) mass is 356 g/mol. The summed E-state index contributed by atoms with van der Waals surface area (Å²) in [6.07, 6.45) is 0. The van der Waals surface area contributed by atoms with Gasteiger partial charge in [-0.3, -0.25) is 4.79 Å². The average Bonchev–Trinajstić information content (AvgIpc) is 3.18. The lowest BCUT2D eigenvalue weighted by Crippen LogP contribution is -2.14. The number of thiophene rings is 1. The van der Waals surface area contributed by atoms with Crippen LogP contribution in [0.2, 0.25) is 0 Å². The van der Waals surface area contributed by atoms with Gasteiger partial charge in [0.15, 0.2) is 0 Å². The van der Waals surface area contributed by atoms with Crippen LogP contribution in [-0.2, 0) is 0 Å². The minimum Gasteiger partial charge on any atom is -0.321 e. The highest BCUT2D eigenvalue weighted by molar-refractivity contribution is 7.17. The van der Waals surface area contributed by atoms with Gasteiger partial charge in [0.05, 0.1) is 5.69 Å². The first-order chi connectivity index (χ1) is 11.5. The third-order valence-electron chi connectivity index (χ3n) is 3.94. The van der Waals surface area contributed by atoms with E-state index in [2.05, 4.69) is 35.6 Å². The highest BCUT2D eigenvalue weighted by Gasteiger charge is 2.19. The van der Waals surface area contributed by atoms with Crippen LogP contribution in [-0.4, -0.2) is 10.9 Å². The molecule has 24 heavy (non-hydrogen) atoms. The molecular weight excluding hydrogens is 336 g/mol. The Morgan fingerprint density at radius 2 is 2.00 bits per heavy atom. The van der Waals surface area contributed by atoms with E-state index in [1.807, 2.05) is 37.4 Å². The Morgan fingerprint density at radius 3 is 2.67 bits per heavy atom.